The maximum absolute atomic E-state index is 12.8. The van der Waals surface area contributed by atoms with E-state index in [1.807, 2.05) is 6.92 Å². The lowest BCUT2D eigenvalue weighted by Gasteiger charge is -2.14. The molecule has 0 saturated heterocycles. The quantitative estimate of drug-likeness (QED) is 0.801. The molecule has 0 N–H and O–H groups in total. The van der Waals surface area contributed by atoms with Gasteiger partial charge in [-0.3, -0.25) is 0 Å². The van der Waals surface area contributed by atoms with Gasteiger partial charge in [0.1, 0.15) is 15.7 Å². The molecule has 2 nitrogen and oxygen atoms in total. The Balaban J connectivity index is 2.57. The van der Waals surface area contributed by atoms with E-state index in [9.17, 15) is 12.8 Å². The molecule has 0 fully saturated rings. The van der Waals surface area contributed by atoms with Crippen molar-refractivity contribution in [1.82, 2.24) is 0 Å². The van der Waals surface area contributed by atoms with Gasteiger partial charge >= 0.3 is 0 Å². The number of rotatable bonds is 6. The van der Waals surface area contributed by atoms with Crippen LogP contribution in [0.5, 0.6) is 0 Å². The average molecular weight is 276 g/mol. The molecule has 1 aromatic rings. The van der Waals surface area contributed by atoms with Gasteiger partial charge in [0.2, 0.25) is 0 Å². The highest BCUT2D eigenvalue weighted by Gasteiger charge is 2.11. The summed E-state index contributed by atoms with van der Waals surface area (Å²) < 4.78 is 34.8. The van der Waals surface area contributed by atoms with Gasteiger partial charge in [-0.1, -0.05) is 19.1 Å². The molecule has 17 heavy (non-hydrogen) atoms. The van der Waals surface area contributed by atoms with Gasteiger partial charge in [-0.2, -0.15) is 11.8 Å². The number of halogens is 1. The van der Waals surface area contributed by atoms with Crippen LogP contribution < -0.4 is 0 Å². The number of hydrogen-bond donors (Lipinski definition) is 0. The van der Waals surface area contributed by atoms with Gasteiger partial charge in [-0.15, -0.1) is 0 Å². The Morgan fingerprint density at radius 1 is 1.29 bits per heavy atom. The minimum Gasteiger partial charge on any atom is -0.229 e. The van der Waals surface area contributed by atoms with Crippen molar-refractivity contribution in [3.8, 4) is 0 Å². The molecule has 0 radical (unpaired) electrons. The fourth-order valence-corrected chi connectivity index (χ4v) is 3.93. The largest absolute Gasteiger partial charge is 0.229 e. The van der Waals surface area contributed by atoms with Gasteiger partial charge in [0.15, 0.2) is 0 Å². The first-order valence-corrected chi connectivity index (χ1v) is 8.58. The van der Waals surface area contributed by atoms with Crippen LogP contribution >= 0.6 is 11.8 Å². The minimum absolute atomic E-state index is 0.190. The summed E-state index contributed by atoms with van der Waals surface area (Å²) in [6, 6.07) is 6.40. The predicted molar refractivity (Wildman–Crippen MR) is 71.6 cm³/mol. The van der Waals surface area contributed by atoms with Crippen molar-refractivity contribution >= 4 is 21.6 Å². The van der Waals surface area contributed by atoms with Crippen LogP contribution in [0.25, 0.3) is 0 Å². The summed E-state index contributed by atoms with van der Waals surface area (Å²) in [5.41, 5.74) is 1.05. The molecule has 0 spiro atoms. The van der Waals surface area contributed by atoms with Gasteiger partial charge in [0.25, 0.3) is 0 Å². The van der Waals surface area contributed by atoms with Crippen LogP contribution in [0.1, 0.15) is 24.2 Å². The van der Waals surface area contributed by atoms with Crippen LogP contribution in [0.3, 0.4) is 0 Å². The Kier molecular flexibility index (Phi) is 5.46. The Hall–Kier alpha value is -0.550. The summed E-state index contributed by atoms with van der Waals surface area (Å²) in [6.07, 6.45) is 2.15. The zero-order valence-corrected chi connectivity index (χ0v) is 11.7. The van der Waals surface area contributed by atoms with Crippen LogP contribution in [0.4, 0.5) is 4.39 Å². The molecule has 0 bridgehead atoms. The van der Waals surface area contributed by atoms with Crippen molar-refractivity contribution < 1.29 is 12.8 Å². The van der Waals surface area contributed by atoms with Crippen LogP contribution in [-0.4, -0.2) is 26.2 Å². The lowest BCUT2D eigenvalue weighted by Crippen LogP contribution is -2.06. The molecule has 1 rings (SSSR count). The Bertz CT molecular complexity index is 440. The molecule has 0 saturated carbocycles. The molecule has 1 atom stereocenters. The fraction of sp³-hybridized carbons (Fsp3) is 0.500. The third-order valence-electron chi connectivity index (χ3n) is 2.39. The van der Waals surface area contributed by atoms with Crippen molar-refractivity contribution in [2.45, 2.75) is 18.6 Å². The first-order chi connectivity index (χ1) is 7.92. The first-order valence-electron chi connectivity index (χ1n) is 5.47. The Labute approximate surface area is 107 Å². The monoisotopic (exact) mass is 276 g/mol. The van der Waals surface area contributed by atoms with E-state index in [0.717, 1.165) is 12.0 Å². The Morgan fingerprint density at radius 2 is 1.88 bits per heavy atom. The molecule has 1 unspecified atom stereocenters. The molecular formula is C12H17FO2S2. The number of hydrogen-bond acceptors (Lipinski definition) is 3. The van der Waals surface area contributed by atoms with E-state index in [1.165, 1.54) is 18.4 Å². The van der Waals surface area contributed by atoms with Crippen LogP contribution in [-0.2, 0) is 9.84 Å². The second kappa shape index (κ2) is 6.40. The lowest BCUT2D eigenvalue weighted by molar-refractivity contribution is 0.603. The van der Waals surface area contributed by atoms with E-state index in [0.29, 0.717) is 5.75 Å². The fourth-order valence-electron chi connectivity index (χ4n) is 1.47. The summed E-state index contributed by atoms with van der Waals surface area (Å²) in [5.74, 6) is 0.522. The molecule has 0 aliphatic rings. The summed E-state index contributed by atoms with van der Waals surface area (Å²) >= 11 is 1.61. The zero-order valence-electron chi connectivity index (χ0n) is 10.0. The normalized spacial score (nSPS) is 13.6. The van der Waals surface area contributed by atoms with Crippen molar-refractivity contribution in [3.05, 3.63) is 35.6 Å². The highest BCUT2D eigenvalue weighted by Crippen LogP contribution is 2.31. The average Bonchev–Trinajstić information content (AvgIpc) is 2.24. The van der Waals surface area contributed by atoms with Crippen molar-refractivity contribution in [3.63, 3.8) is 0 Å². The SMILES string of the molecule is CCC(SCCS(C)(=O)=O)c1ccc(F)cc1. The third kappa shape index (κ3) is 5.55. The molecule has 1 aromatic carbocycles. The number of thioether (sulfide) groups is 1. The second-order valence-electron chi connectivity index (χ2n) is 3.95. The second-order valence-corrected chi connectivity index (χ2v) is 7.52. The van der Waals surface area contributed by atoms with Crippen molar-refractivity contribution in [2.24, 2.45) is 0 Å². The summed E-state index contributed by atoms with van der Waals surface area (Å²) in [5, 5.41) is 0.234. The zero-order chi connectivity index (χ0) is 12.9. The van der Waals surface area contributed by atoms with Crippen LogP contribution in [0, 0.1) is 5.82 Å². The molecule has 0 aliphatic carbocycles. The maximum Gasteiger partial charge on any atom is 0.148 e. The molecule has 0 heterocycles. The van der Waals surface area contributed by atoms with E-state index < -0.39 is 9.84 Å². The van der Waals surface area contributed by atoms with Crippen LogP contribution in [0.2, 0.25) is 0 Å². The third-order valence-corrected chi connectivity index (χ3v) is 5.04. The van der Waals surface area contributed by atoms with E-state index in [-0.39, 0.29) is 16.8 Å². The summed E-state index contributed by atoms with van der Waals surface area (Å²) in [6.45, 7) is 2.04. The standard InChI is InChI=1S/C12H17FO2S2/c1-3-12(16-8-9-17(2,14)15)10-4-6-11(13)7-5-10/h4-7,12H,3,8-9H2,1-2H3. The van der Waals surface area contributed by atoms with E-state index in [4.69, 9.17) is 0 Å². The number of sulfone groups is 1. The predicted octanol–water partition coefficient (Wildman–Crippen LogP) is 3.05. The highest BCUT2D eigenvalue weighted by molar-refractivity contribution is 8.00. The topological polar surface area (TPSA) is 34.1 Å². The van der Waals surface area contributed by atoms with E-state index in [2.05, 4.69) is 0 Å². The van der Waals surface area contributed by atoms with Gasteiger partial charge in [-0.05, 0) is 24.1 Å². The first kappa shape index (κ1) is 14.5. The van der Waals surface area contributed by atoms with Crippen molar-refractivity contribution in [1.29, 1.82) is 0 Å². The van der Waals surface area contributed by atoms with Gasteiger partial charge in [-0.25, -0.2) is 12.8 Å². The molecule has 5 heteroatoms. The Morgan fingerprint density at radius 3 is 2.35 bits per heavy atom. The smallest absolute Gasteiger partial charge is 0.148 e. The van der Waals surface area contributed by atoms with Crippen molar-refractivity contribution in [2.75, 3.05) is 17.8 Å². The summed E-state index contributed by atoms with van der Waals surface area (Å²) in [4.78, 5) is 0. The van der Waals surface area contributed by atoms with E-state index in [1.54, 1.807) is 23.9 Å². The molecule has 96 valence electrons. The van der Waals surface area contributed by atoms with Crippen LogP contribution in [0.15, 0.2) is 24.3 Å². The number of benzene rings is 1. The molecule has 0 aromatic heterocycles. The van der Waals surface area contributed by atoms with Gasteiger partial charge in [0, 0.05) is 17.3 Å². The van der Waals surface area contributed by atoms with Gasteiger partial charge in [0.05, 0.1) is 5.75 Å². The highest BCUT2D eigenvalue weighted by atomic mass is 32.2. The molecular weight excluding hydrogens is 259 g/mol. The molecule has 0 amide bonds. The minimum atomic E-state index is -2.90. The molecule has 0 aliphatic heterocycles. The lowest BCUT2D eigenvalue weighted by atomic mass is 10.1. The van der Waals surface area contributed by atoms with Gasteiger partial charge < -0.3 is 0 Å². The summed E-state index contributed by atoms with van der Waals surface area (Å²) in [7, 11) is -2.90. The van der Waals surface area contributed by atoms with E-state index >= 15 is 0 Å². The maximum atomic E-state index is 12.8.